The third-order valence-corrected chi connectivity index (χ3v) is 3.37. The van der Waals surface area contributed by atoms with Gasteiger partial charge in [0, 0.05) is 23.6 Å². The lowest BCUT2D eigenvalue weighted by Gasteiger charge is -2.08. The fourth-order valence-corrected chi connectivity index (χ4v) is 2.43. The van der Waals surface area contributed by atoms with Crippen LogP contribution in [0.4, 0.5) is 0 Å². The molecule has 2 aromatic rings. The van der Waals surface area contributed by atoms with E-state index in [-0.39, 0.29) is 11.8 Å². The molecule has 1 aliphatic carbocycles. The van der Waals surface area contributed by atoms with Crippen LogP contribution in [0.25, 0.3) is 11.4 Å². The van der Waals surface area contributed by atoms with Crippen LogP contribution in [0.1, 0.15) is 36.4 Å². The molecule has 0 fully saturated rings. The Balaban J connectivity index is 2.07. The molecule has 5 nitrogen and oxygen atoms in total. The second kappa shape index (κ2) is 4.10. The van der Waals surface area contributed by atoms with Gasteiger partial charge in [-0.25, -0.2) is 0 Å². The number of phenols is 1. The van der Waals surface area contributed by atoms with E-state index in [1.165, 1.54) is 0 Å². The van der Waals surface area contributed by atoms with Crippen molar-refractivity contribution in [1.29, 1.82) is 0 Å². The number of nitrogens with two attached hydrogens (primary N) is 1. The number of aromatic nitrogens is 2. The number of hydrogen-bond donors (Lipinski definition) is 2. The molecule has 94 valence electrons. The lowest BCUT2D eigenvalue weighted by atomic mass is 10.0. The van der Waals surface area contributed by atoms with Crippen LogP contribution in [-0.4, -0.2) is 15.2 Å². The standard InChI is InChI=1S/C13H15N3O2/c1-2-11-15-13(16-18-11)8-5-7-3-4-9(14)12(7)10(17)6-8/h5-6,9,17H,2-4,14H2,1H3/t9-/m1/s1. The van der Waals surface area contributed by atoms with E-state index in [1.807, 2.05) is 13.0 Å². The fourth-order valence-electron chi connectivity index (χ4n) is 2.43. The Morgan fingerprint density at radius 1 is 1.50 bits per heavy atom. The topological polar surface area (TPSA) is 85.2 Å². The lowest BCUT2D eigenvalue weighted by molar-refractivity contribution is 0.382. The maximum absolute atomic E-state index is 10.0. The summed E-state index contributed by atoms with van der Waals surface area (Å²) in [5.74, 6) is 1.35. The van der Waals surface area contributed by atoms with Gasteiger partial charge in [-0.2, -0.15) is 4.98 Å². The van der Waals surface area contributed by atoms with Crippen LogP contribution in [0.2, 0.25) is 0 Å². The van der Waals surface area contributed by atoms with E-state index in [2.05, 4.69) is 10.1 Å². The van der Waals surface area contributed by atoms with E-state index in [9.17, 15) is 5.11 Å². The van der Waals surface area contributed by atoms with Crippen molar-refractivity contribution in [2.75, 3.05) is 0 Å². The molecule has 1 aromatic carbocycles. The molecular formula is C13H15N3O2. The van der Waals surface area contributed by atoms with Gasteiger partial charge in [0.25, 0.3) is 0 Å². The number of phenolic OH excluding ortho intramolecular Hbond substituents is 1. The predicted octanol–water partition coefficient (Wildman–Crippen LogP) is 1.95. The molecular weight excluding hydrogens is 230 g/mol. The number of hydrogen-bond acceptors (Lipinski definition) is 5. The van der Waals surface area contributed by atoms with Crippen LogP contribution >= 0.6 is 0 Å². The number of aryl methyl sites for hydroxylation is 2. The molecule has 0 amide bonds. The van der Waals surface area contributed by atoms with Crippen molar-refractivity contribution in [2.24, 2.45) is 5.73 Å². The van der Waals surface area contributed by atoms with Gasteiger partial charge in [-0.3, -0.25) is 0 Å². The summed E-state index contributed by atoms with van der Waals surface area (Å²) < 4.78 is 5.08. The Labute approximate surface area is 105 Å². The summed E-state index contributed by atoms with van der Waals surface area (Å²) in [6.07, 6.45) is 2.46. The maximum atomic E-state index is 10.0. The Hall–Kier alpha value is -1.88. The Morgan fingerprint density at radius 3 is 3.06 bits per heavy atom. The summed E-state index contributed by atoms with van der Waals surface area (Å²) in [5.41, 5.74) is 8.68. The molecule has 1 heterocycles. The zero-order valence-corrected chi connectivity index (χ0v) is 10.2. The molecule has 0 aliphatic heterocycles. The maximum Gasteiger partial charge on any atom is 0.226 e. The summed E-state index contributed by atoms with van der Waals surface area (Å²) in [5, 5.41) is 14.0. The van der Waals surface area contributed by atoms with Gasteiger partial charge in [-0.05, 0) is 30.5 Å². The van der Waals surface area contributed by atoms with Gasteiger partial charge in [0.2, 0.25) is 11.7 Å². The number of aromatic hydroxyl groups is 1. The molecule has 18 heavy (non-hydrogen) atoms. The second-order valence-corrected chi connectivity index (χ2v) is 4.58. The Morgan fingerprint density at radius 2 is 2.33 bits per heavy atom. The molecule has 1 atom stereocenters. The molecule has 3 N–H and O–H groups in total. The first-order valence-corrected chi connectivity index (χ1v) is 6.13. The minimum Gasteiger partial charge on any atom is -0.508 e. The van der Waals surface area contributed by atoms with Gasteiger partial charge in [0.15, 0.2) is 0 Å². The number of benzene rings is 1. The third kappa shape index (κ3) is 1.67. The van der Waals surface area contributed by atoms with Crippen molar-refractivity contribution in [1.82, 2.24) is 10.1 Å². The van der Waals surface area contributed by atoms with E-state index in [1.54, 1.807) is 6.07 Å². The van der Waals surface area contributed by atoms with Crippen LogP contribution in [0.3, 0.4) is 0 Å². The molecule has 3 rings (SSSR count). The van der Waals surface area contributed by atoms with Crippen molar-refractivity contribution >= 4 is 0 Å². The first-order valence-electron chi connectivity index (χ1n) is 6.13. The van der Waals surface area contributed by atoms with Crippen LogP contribution < -0.4 is 5.73 Å². The quantitative estimate of drug-likeness (QED) is 0.844. The first kappa shape index (κ1) is 11.2. The van der Waals surface area contributed by atoms with Crippen LogP contribution in [-0.2, 0) is 12.8 Å². The minimum atomic E-state index is -0.0643. The zero-order valence-electron chi connectivity index (χ0n) is 10.2. The molecule has 0 radical (unpaired) electrons. The van der Waals surface area contributed by atoms with Gasteiger partial charge >= 0.3 is 0 Å². The normalized spacial score (nSPS) is 18.0. The van der Waals surface area contributed by atoms with E-state index >= 15 is 0 Å². The highest BCUT2D eigenvalue weighted by Gasteiger charge is 2.24. The number of nitrogens with zero attached hydrogens (tertiary/aromatic N) is 2. The summed E-state index contributed by atoms with van der Waals surface area (Å²) in [4.78, 5) is 4.26. The SMILES string of the molecule is CCc1nc(-c2cc(O)c3c(c2)CC[C@H]3N)no1. The van der Waals surface area contributed by atoms with Gasteiger partial charge in [-0.1, -0.05) is 12.1 Å². The molecule has 0 bridgehead atoms. The Kier molecular flexibility index (Phi) is 2.56. The third-order valence-electron chi connectivity index (χ3n) is 3.37. The van der Waals surface area contributed by atoms with Gasteiger partial charge < -0.3 is 15.4 Å². The average Bonchev–Trinajstić information content (AvgIpc) is 2.96. The molecule has 1 aliphatic rings. The van der Waals surface area contributed by atoms with Crippen molar-refractivity contribution in [3.8, 4) is 17.1 Å². The highest BCUT2D eigenvalue weighted by molar-refractivity contribution is 5.62. The largest absolute Gasteiger partial charge is 0.508 e. The molecule has 0 saturated heterocycles. The lowest BCUT2D eigenvalue weighted by Crippen LogP contribution is -2.05. The van der Waals surface area contributed by atoms with E-state index in [0.717, 1.165) is 29.5 Å². The number of fused-ring (bicyclic) bond motifs is 1. The average molecular weight is 245 g/mol. The highest BCUT2D eigenvalue weighted by Crippen LogP contribution is 2.38. The van der Waals surface area contributed by atoms with Gasteiger partial charge in [0.1, 0.15) is 5.75 Å². The van der Waals surface area contributed by atoms with E-state index in [0.29, 0.717) is 18.1 Å². The minimum absolute atomic E-state index is 0.0643. The Bertz CT molecular complexity index is 592. The van der Waals surface area contributed by atoms with Gasteiger partial charge in [0.05, 0.1) is 0 Å². The molecule has 0 spiro atoms. The second-order valence-electron chi connectivity index (χ2n) is 4.58. The fraction of sp³-hybridized carbons (Fsp3) is 0.385. The van der Waals surface area contributed by atoms with Crippen LogP contribution in [0, 0.1) is 0 Å². The predicted molar refractivity (Wildman–Crippen MR) is 66.0 cm³/mol. The molecule has 1 aromatic heterocycles. The highest BCUT2D eigenvalue weighted by atomic mass is 16.5. The zero-order chi connectivity index (χ0) is 12.7. The molecule has 0 unspecified atom stereocenters. The van der Waals surface area contributed by atoms with Crippen LogP contribution in [0.5, 0.6) is 5.75 Å². The monoisotopic (exact) mass is 245 g/mol. The smallest absolute Gasteiger partial charge is 0.226 e. The summed E-state index contributed by atoms with van der Waals surface area (Å²) in [6, 6.07) is 3.59. The van der Waals surface area contributed by atoms with Crippen molar-refractivity contribution < 1.29 is 9.63 Å². The van der Waals surface area contributed by atoms with E-state index in [4.69, 9.17) is 10.3 Å². The van der Waals surface area contributed by atoms with Gasteiger partial charge in [-0.15, -0.1) is 0 Å². The van der Waals surface area contributed by atoms with Crippen LogP contribution in [0.15, 0.2) is 16.7 Å². The summed E-state index contributed by atoms with van der Waals surface area (Å²) in [7, 11) is 0. The summed E-state index contributed by atoms with van der Waals surface area (Å²) in [6.45, 7) is 1.95. The van der Waals surface area contributed by atoms with Crippen molar-refractivity contribution in [2.45, 2.75) is 32.2 Å². The van der Waals surface area contributed by atoms with Crippen molar-refractivity contribution in [3.05, 3.63) is 29.2 Å². The molecule has 0 saturated carbocycles. The van der Waals surface area contributed by atoms with Crippen molar-refractivity contribution in [3.63, 3.8) is 0 Å². The number of rotatable bonds is 2. The van der Waals surface area contributed by atoms with E-state index < -0.39 is 0 Å². The first-order chi connectivity index (χ1) is 8.69. The molecule has 5 heteroatoms. The summed E-state index contributed by atoms with van der Waals surface area (Å²) >= 11 is 0.